The molecule has 51 heavy (non-hydrogen) atoms. The number of fused-ring (bicyclic) bond motifs is 3. The van der Waals surface area contributed by atoms with E-state index in [9.17, 15) is 24.0 Å². The maximum atomic E-state index is 12.7. The van der Waals surface area contributed by atoms with Gasteiger partial charge in [-0.1, -0.05) is 25.5 Å². The maximum absolute atomic E-state index is 12.7. The van der Waals surface area contributed by atoms with Crippen molar-refractivity contribution in [3.05, 3.63) is 47.5 Å². The van der Waals surface area contributed by atoms with Crippen LogP contribution >= 0.6 is 0 Å². The fraction of sp³-hybridized carbons (Fsp3) is 0.553. The molecule has 13 nitrogen and oxygen atoms in total. The van der Waals surface area contributed by atoms with Crippen molar-refractivity contribution >= 4 is 41.0 Å². The summed E-state index contributed by atoms with van der Waals surface area (Å²) in [6, 6.07) is 11.2. The average Bonchev–Trinajstić information content (AvgIpc) is 3.39. The Morgan fingerprint density at radius 3 is 1.78 bits per heavy atom. The summed E-state index contributed by atoms with van der Waals surface area (Å²) in [5.41, 5.74) is 4.81. The number of aliphatic hydroxyl groups excluding tert-OH is 1. The number of benzene rings is 2. The molecule has 13 heteroatoms. The number of ether oxygens (including phenoxy) is 3. The third-order valence-electron chi connectivity index (χ3n) is 8.35. The largest absolute Gasteiger partial charge is 0.465 e. The number of aliphatic hydroxyl groups is 1. The minimum absolute atomic E-state index is 0.0490. The summed E-state index contributed by atoms with van der Waals surface area (Å²) in [5, 5.41) is 20.3. The van der Waals surface area contributed by atoms with Gasteiger partial charge in [-0.15, -0.1) is 0 Å². The lowest BCUT2D eigenvalue weighted by Crippen LogP contribution is -2.28. The van der Waals surface area contributed by atoms with Crippen molar-refractivity contribution in [2.75, 3.05) is 56.8 Å². The van der Waals surface area contributed by atoms with Crippen LogP contribution in [0.3, 0.4) is 0 Å². The molecule has 2 aromatic carbocycles. The number of anilines is 2. The SMILES string of the molecule is CCCCOCCNC(=O)CCCC(=O)Nc1ccc2c(c1)C(COC(C)=O)c1cc(NC(=O)CCCC(=O)NCCOC(C)CCO)ccc1-2. The topological polar surface area (TPSA) is 181 Å². The van der Waals surface area contributed by atoms with Crippen LogP contribution in [-0.4, -0.2) is 86.9 Å². The van der Waals surface area contributed by atoms with E-state index in [0.717, 1.165) is 35.1 Å². The van der Waals surface area contributed by atoms with Crippen molar-refractivity contribution < 1.29 is 43.3 Å². The fourth-order valence-electron chi connectivity index (χ4n) is 5.67. The van der Waals surface area contributed by atoms with Gasteiger partial charge in [0.15, 0.2) is 0 Å². The first-order chi connectivity index (χ1) is 24.6. The van der Waals surface area contributed by atoms with Gasteiger partial charge in [-0.2, -0.15) is 0 Å². The molecule has 0 bridgehead atoms. The number of hydrogen-bond acceptors (Lipinski definition) is 9. The number of carbonyl (C=O) groups excluding carboxylic acids is 5. The Bertz CT molecular complexity index is 1460. The van der Waals surface area contributed by atoms with Crippen LogP contribution in [-0.2, 0) is 38.2 Å². The molecule has 0 heterocycles. The molecule has 1 aliphatic carbocycles. The van der Waals surface area contributed by atoms with Crippen LogP contribution in [0.1, 0.15) is 95.6 Å². The normalized spacial score (nSPS) is 13.5. The van der Waals surface area contributed by atoms with Crippen molar-refractivity contribution in [3.63, 3.8) is 0 Å². The molecule has 4 amide bonds. The Morgan fingerprint density at radius 2 is 1.27 bits per heavy atom. The molecule has 5 N–H and O–H groups in total. The number of esters is 1. The Labute approximate surface area is 300 Å². The molecule has 0 aliphatic heterocycles. The Balaban J connectivity index is 1.51. The van der Waals surface area contributed by atoms with Crippen molar-refractivity contribution in [2.45, 2.75) is 90.6 Å². The molecule has 1 aliphatic rings. The van der Waals surface area contributed by atoms with Crippen LogP contribution in [0.2, 0.25) is 0 Å². The van der Waals surface area contributed by atoms with E-state index in [0.29, 0.717) is 63.5 Å². The van der Waals surface area contributed by atoms with E-state index < -0.39 is 5.97 Å². The first-order valence-electron chi connectivity index (χ1n) is 18.0. The van der Waals surface area contributed by atoms with E-state index in [4.69, 9.17) is 19.3 Å². The second kappa shape index (κ2) is 22.5. The van der Waals surface area contributed by atoms with Gasteiger partial charge in [0, 0.05) is 76.2 Å². The highest BCUT2D eigenvalue weighted by Gasteiger charge is 2.30. The van der Waals surface area contributed by atoms with Gasteiger partial charge in [0.1, 0.15) is 6.61 Å². The van der Waals surface area contributed by atoms with E-state index in [1.165, 1.54) is 6.92 Å². The number of rotatable bonds is 24. The van der Waals surface area contributed by atoms with Gasteiger partial charge in [0.2, 0.25) is 23.6 Å². The number of nitrogens with one attached hydrogen (secondary N) is 4. The van der Waals surface area contributed by atoms with Gasteiger partial charge in [0.05, 0.1) is 19.3 Å². The number of amides is 4. The summed E-state index contributed by atoms with van der Waals surface area (Å²) in [7, 11) is 0. The second-order valence-electron chi connectivity index (χ2n) is 12.6. The van der Waals surface area contributed by atoms with Crippen LogP contribution in [0.4, 0.5) is 11.4 Å². The number of hydrogen-bond donors (Lipinski definition) is 5. The molecule has 280 valence electrons. The van der Waals surface area contributed by atoms with Gasteiger partial charge in [-0.3, -0.25) is 24.0 Å². The average molecular weight is 711 g/mol. The van der Waals surface area contributed by atoms with Crippen LogP contribution in [0.15, 0.2) is 36.4 Å². The first kappa shape index (κ1) is 41.1. The molecular weight excluding hydrogens is 656 g/mol. The van der Waals surface area contributed by atoms with Crippen molar-refractivity contribution in [2.24, 2.45) is 0 Å². The van der Waals surface area contributed by atoms with Crippen molar-refractivity contribution in [1.82, 2.24) is 10.6 Å². The summed E-state index contributed by atoms with van der Waals surface area (Å²) >= 11 is 0. The highest BCUT2D eigenvalue weighted by Crippen LogP contribution is 2.47. The van der Waals surface area contributed by atoms with Gasteiger partial charge in [-0.05, 0) is 79.1 Å². The third kappa shape index (κ3) is 14.8. The van der Waals surface area contributed by atoms with Crippen LogP contribution in [0.5, 0.6) is 0 Å². The predicted molar refractivity (Wildman–Crippen MR) is 194 cm³/mol. The van der Waals surface area contributed by atoms with Crippen molar-refractivity contribution in [1.29, 1.82) is 0 Å². The number of carbonyl (C=O) groups is 5. The molecule has 0 saturated heterocycles. The lowest BCUT2D eigenvalue weighted by atomic mass is 9.97. The Hall–Kier alpha value is -4.33. The van der Waals surface area contributed by atoms with Gasteiger partial charge in [-0.25, -0.2) is 0 Å². The molecule has 0 spiro atoms. The summed E-state index contributed by atoms with van der Waals surface area (Å²) in [6.45, 7) is 7.73. The van der Waals surface area contributed by atoms with Gasteiger partial charge in [0.25, 0.3) is 0 Å². The summed E-state index contributed by atoms with van der Waals surface area (Å²) in [6.07, 6.45) is 4.07. The van der Waals surface area contributed by atoms with E-state index in [2.05, 4.69) is 28.2 Å². The number of unbranched alkanes of at least 4 members (excludes halogenated alkanes) is 1. The molecule has 2 aromatic rings. The molecule has 2 atom stereocenters. The van der Waals surface area contributed by atoms with E-state index in [-0.39, 0.29) is 74.5 Å². The second-order valence-corrected chi connectivity index (χ2v) is 12.6. The van der Waals surface area contributed by atoms with E-state index >= 15 is 0 Å². The lowest BCUT2D eigenvalue weighted by Gasteiger charge is -2.15. The zero-order chi connectivity index (χ0) is 37.0. The minimum atomic E-state index is -0.417. The molecular formula is C38H54N4O9. The van der Waals surface area contributed by atoms with Crippen molar-refractivity contribution in [3.8, 4) is 11.1 Å². The van der Waals surface area contributed by atoms with Gasteiger partial charge < -0.3 is 40.6 Å². The zero-order valence-electron chi connectivity index (χ0n) is 30.1. The van der Waals surface area contributed by atoms with E-state index in [1.54, 1.807) is 0 Å². The standard InChI is InChI=1S/C38H54N4O9/c1-4-5-20-49-21-17-39-35(45)8-6-10-37(47)41-28-12-14-30-31-15-13-29(24-33(31)34(32(30)23-28)25-51-27(3)44)42-38(48)11-7-9-36(46)40-18-22-50-26(2)16-19-43/h12-15,23-24,26,34,43H,4-11,16-22,25H2,1-3H3,(H,39,45)(H,40,46)(H,41,47)(H,42,48). The highest BCUT2D eigenvalue weighted by molar-refractivity contribution is 5.94. The van der Waals surface area contributed by atoms with E-state index in [1.807, 2.05) is 43.3 Å². The molecule has 0 fully saturated rings. The molecule has 0 radical (unpaired) electrons. The third-order valence-corrected chi connectivity index (χ3v) is 8.35. The Kier molecular flexibility index (Phi) is 18.1. The van der Waals surface area contributed by atoms with Crippen LogP contribution in [0.25, 0.3) is 11.1 Å². The Morgan fingerprint density at radius 1 is 0.745 bits per heavy atom. The quantitative estimate of drug-likeness (QED) is 0.0779. The zero-order valence-corrected chi connectivity index (χ0v) is 30.1. The molecule has 0 aromatic heterocycles. The van der Waals surface area contributed by atoms with Gasteiger partial charge >= 0.3 is 5.97 Å². The highest BCUT2D eigenvalue weighted by atomic mass is 16.5. The lowest BCUT2D eigenvalue weighted by molar-refractivity contribution is -0.141. The van der Waals surface area contributed by atoms with Crippen LogP contribution < -0.4 is 21.3 Å². The van der Waals surface area contributed by atoms with Crippen LogP contribution in [0, 0.1) is 0 Å². The maximum Gasteiger partial charge on any atom is 0.302 e. The molecule has 2 unspecified atom stereocenters. The first-order valence-corrected chi connectivity index (χ1v) is 18.0. The fourth-order valence-corrected chi connectivity index (χ4v) is 5.67. The summed E-state index contributed by atoms with van der Waals surface area (Å²) in [4.78, 5) is 61.5. The minimum Gasteiger partial charge on any atom is -0.465 e. The monoisotopic (exact) mass is 710 g/mol. The predicted octanol–water partition coefficient (Wildman–Crippen LogP) is 4.42. The molecule has 0 saturated carbocycles. The summed E-state index contributed by atoms with van der Waals surface area (Å²) in [5.74, 6) is -1.45. The summed E-state index contributed by atoms with van der Waals surface area (Å²) < 4.78 is 16.4. The molecule has 3 rings (SSSR count). The smallest absolute Gasteiger partial charge is 0.302 e.